The molecule has 0 unspecified atom stereocenters. The summed E-state index contributed by atoms with van der Waals surface area (Å²) >= 11 is 0. The van der Waals surface area contributed by atoms with E-state index in [1.54, 1.807) is 24.5 Å². The smallest absolute Gasteiger partial charge is 0.273 e. The van der Waals surface area contributed by atoms with Crippen LogP contribution in [0.15, 0.2) is 42.7 Å². The average molecular weight is 356 g/mol. The number of carbonyl (C=O) groups is 1. The fourth-order valence-electron chi connectivity index (χ4n) is 2.57. The zero-order chi connectivity index (χ0) is 18.9. The molecule has 0 spiro atoms. The summed E-state index contributed by atoms with van der Waals surface area (Å²) in [5, 5.41) is 17.2. The maximum atomic E-state index is 11.8. The minimum absolute atomic E-state index is 0.0533. The third-order valence-corrected chi connectivity index (χ3v) is 3.98. The molecule has 1 aromatic carbocycles. The van der Waals surface area contributed by atoms with Gasteiger partial charge in [-0.25, -0.2) is 0 Å². The summed E-state index contributed by atoms with van der Waals surface area (Å²) in [7, 11) is 0. The molecule has 1 heterocycles. The number of rotatable bonds is 9. The van der Waals surface area contributed by atoms with Crippen molar-refractivity contribution in [3.63, 3.8) is 0 Å². The fraction of sp³-hybridized carbons (Fsp3) is 0.368. The van der Waals surface area contributed by atoms with Crippen molar-refractivity contribution in [1.82, 2.24) is 15.6 Å². The predicted molar refractivity (Wildman–Crippen MR) is 99.6 cm³/mol. The van der Waals surface area contributed by atoms with Gasteiger partial charge in [0.1, 0.15) is 0 Å². The monoisotopic (exact) mass is 356 g/mol. The van der Waals surface area contributed by atoms with Crippen molar-refractivity contribution in [3.05, 3.63) is 69.5 Å². The van der Waals surface area contributed by atoms with Crippen molar-refractivity contribution in [2.45, 2.75) is 39.3 Å². The molecule has 0 aliphatic heterocycles. The van der Waals surface area contributed by atoms with Crippen LogP contribution in [0.4, 0.5) is 5.69 Å². The Morgan fingerprint density at radius 3 is 2.69 bits per heavy atom. The Hall–Kier alpha value is -2.80. The van der Waals surface area contributed by atoms with Crippen molar-refractivity contribution in [1.29, 1.82) is 0 Å². The molecule has 0 saturated heterocycles. The molecule has 7 heteroatoms. The number of carbonyl (C=O) groups excluding carboxylic acids is 1. The van der Waals surface area contributed by atoms with Gasteiger partial charge in [-0.15, -0.1) is 0 Å². The Kier molecular flexibility index (Phi) is 7.23. The first kappa shape index (κ1) is 19.5. The number of nitro groups is 1. The highest BCUT2D eigenvalue weighted by molar-refractivity contribution is 5.76. The highest BCUT2D eigenvalue weighted by Gasteiger charge is 2.16. The van der Waals surface area contributed by atoms with Crippen LogP contribution in [0.3, 0.4) is 0 Å². The van der Waals surface area contributed by atoms with Crippen LogP contribution in [0, 0.1) is 10.1 Å². The first-order valence-electron chi connectivity index (χ1n) is 8.61. The second-order valence-electron chi connectivity index (χ2n) is 6.37. The molecule has 0 aliphatic rings. The summed E-state index contributed by atoms with van der Waals surface area (Å²) in [5.74, 6) is 0.0448. The molecule has 7 nitrogen and oxygen atoms in total. The summed E-state index contributed by atoms with van der Waals surface area (Å²) in [6, 6.07) is 9.02. The van der Waals surface area contributed by atoms with Crippen LogP contribution in [0.5, 0.6) is 0 Å². The van der Waals surface area contributed by atoms with Crippen molar-refractivity contribution in [3.8, 4) is 0 Å². The lowest BCUT2D eigenvalue weighted by Gasteiger charge is -2.10. The van der Waals surface area contributed by atoms with Gasteiger partial charge in [-0.05, 0) is 23.1 Å². The lowest BCUT2D eigenvalue weighted by Crippen LogP contribution is -2.27. The second-order valence-corrected chi connectivity index (χ2v) is 6.37. The first-order chi connectivity index (χ1) is 12.5. The predicted octanol–water partition coefficient (Wildman–Crippen LogP) is 2.91. The van der Waals surface area contributed by atoms with Gasteiger partial charge in [0.2, 0.25) is 5.91 Å². The van der Waals surface area contributed by atoms with Gasteiger partial charge in [0, 0.05) is 50.1 Å². The molecule has 2 N–H and O–H groups in total. The Morgan fingerprint density at radius 2 is 2.04 bits per heavy atom. The maximum Gasteiger partial charge on any atom is 0.273 e. The van der Waals surface area contributed by atoms with E-state index in [4.69, 9.17) is 0 Å². The normalized spacial score (nSPS) is 10.7. The Bertz CT molecular complexity index is 748. The molecule has 0 atom stereocenters. The zero-order valence-electron chi connectivity index (χ0n) is 15.1. The van der Waals surface area contributed by atoms with E-state index in [-0.39, 0.29) is 22.4 Å². The van der Waals surface area contributed by atoms with Crippen LogP contribution >= 0.6 is 0 Å². The first-order valence-corrected chi connectivity index (χ1v) is 8.61. The number of nitrogens with zero attached hydrogens (tertiary/aromatic N) is 2. The Labute approximate surface area is 153 Å². The zero-order valence-corrected chi connectivity index (χ0v) is 15.1. The van der Waals surface area contributed by atoms with Gasteiger partial charge < -0.3 is 10.6 Å². The Balaban J connectivity index is 1.76. The van der Waals surface area contributed by atoms with Gasteiger partial charge >= 0.3 is 0 Å². The van der Waals surface area contributed by atoms with Gasteiger partial charge in [0.15, 0.2) is 0 Å². The fourth-order valence-corrected chi connectivity index (χ4v) is 2.57. The second kappa shape index (κ2) is 9.62. The lowest BCUT2D eigenvalue weighted by atomic mass is 9.99. The van der Waals surface area contributed by atoms with Crippen LogP contribution in [-0.2, 0) is 17.9 Å². The highest BCUT2D eigenvalue weighted by Crippen LogP contribution is 2.27. The van der Waals surface area contributed by atoms with E-state index in [1.165, 1.54) is 0 Å². The van der Waals surface area contributed by atoms with Crippen molar-refractivity contribution < 1.29 is 9.72 Å². The standard InChI is InChI=1S/C19H24N4O3/c1-14(2)17-6-5-15(10-18(17)23(25)26)11-21-9-7-19(24)22-13-16-4-3-8-20-12-16/h3-6,8,10,12,14,21H,7,9,11,13H2,1-2H3,(H,22,24). The van der Waals surface area contributed by atoms with E-state index in [0.29, 0.717) is 26.1 Å². The third kappa shape index (κ3) is 5.93. The number of nitro benzene ring substituents is 1. The van der Waals surface area contributed by atoms with E-state index in [9.17, 15) is 14.9 Å². The molecular weight excluding hydrogens is 332 g/mol. The van der Waals surface area contributed by atoms with Crippen LogP contribution in [0.25, 0.3) is 0 Å². The van der Waals surface area contributed by atoms with Gasteiger partial charge in [-0.3, -0.25) is 19.9 Å². The molecule has 0 radical (unpaired) electrons. The van der Waals surface area contributed by atoms with Crippen LogP contribution in [-0.4, -0.2) is 22.4 Å². The number of pyridine rings is 1. The molecule has 1 amide bonds. The van der Waals surface area contributed by atoms with Crippen molar-refractivity contribution in [2.75, 3.05) is 6.54 Å². The van der Waals surface area contributed by atoms with E-state index in [0.717, 1.165) is 16.7 Å². The van der Waals surface area contributed by atoms with Gasteiger partial charge in [-0.2, -0.15) is 0 Å². The molecule has 2 aromatic rings. The number of amides is 1. The van der Waals surface area contributed by atoms with E-state index in [2.05, 4.69) is 15.6 Å². The molecule has 0 fully saturated rings. The number of nitrogens with one attached hydrogen (secondary N) is 2. The molecule has 0 bridgehead atoms. The molecule has 26 heavy (non-hydrogen) atoms. The largest absolute Gasteiger partial charge is 0.352 e. The summed E-state index contributed by atoms with van der Waals surface area (Å²) in [6.07, 6.45) is 3.74. The number of hydrogen-bond acceptors (Lipinski definition) is 5. The minimum atomic E-state index is -0.343. The summed E-state index contributed by atoms with van der Waals surface area (Å²) in [6.45, 7) is 5.30. The average Bonchev–Trinajstić information content (AvgIpc) is 2.64. The highest BCUT2D eigenvalue weighted by atomic mass is 16.6. The van der Waals surface area contributed by atoms with Gasteiger partial charge in [0.05, 0.1) is 4.92 Å². The molecular formula is C19H24N4O3. The van der Waals surface area contributed by atoms with E-state index >= 15 is 0 Å². The van der Waals surface area contributed by atoms with E-state index in [1.807, 2.05) is 32.0 Å². The quantitative estimate of drug-likeness (QED) is 0.409. The molecule has 138 valence electrons. The van der Waals surface area contributed by atoms with Crippen molar-refractivity contribution >= 4 is 11.6 Å². The van der Waals surface area contributed by atoms with Gasteiger partial charge in [-0.1, -0.05) is 32.0 Å². The number of hydrogen-bond donors (Lipinski definition) is 2. The number of benzene rings is 1. The minimum Gasteiger partial charge on any atom is -0.352 e. The van der Waals surface area contributed by atoms with Crippen LogP contribution in [0.2, 0.25) is 0 Å². The summed E-state index contributed by atoms with van der Waals surface area (Å²) in [5.41, 5.74) is 2.66. The number of aromatic nitrogens is 1. The summed E-state index contributed by atoms with van der Waals surface area (Å²) < 4.78 is 0. The topological polar surface area (TPSA) is 97.2 Å². The van der Waals surface area contributed by atoms with Crippen LogP contribution < -0.4 is 10.6 Å². The van der Waals surface area contributed by atoms with Crippen LogP contribution in [0.1, 0.15) is 42.9 Å². The third-order valence-electron chi connectivity index (χ3n) is 3.98. The molecule has 2 rings (SSSR count). The molecule has 0 aliphatic carbocycles. The summed E-state index contributed by atoms with van der Waals surface area (Å²) in [4.78, 5) is 26.7. The van der Waals surface area contributed by atoms with Crippen molar-refractivity contribution in [2.24, 2.45) is 0 Å². The molecule has 1 aromatic heterocycles. The SMILES string of the molecule is CC(C)c1ccc(CNCCC(=O)NCc2cccnc2)cc1[N+](=O)[O-]. The molecule has 0 saturated carbocycles. The van der Waals surface area contributed by atoms with E-state index < -0.39 is 0 Å². The Morgan fingerprint density at radius 1 is 1.23 bits per heavy atom. The maximum absolute atomic E-state index is 11.8. The lowest BCUT2D eigenvalue weighted by molar-refractivity contribution is -0.385. The van der Waals surface area contributed by atoms with Gasteiger partial charge in [0.25, 0.3) is 5.69 Å².